The Labute approximate surface area is 182 Å². The average molecular weight is 424 g/mol. The Morgan fingerprint density at radius 1 is 1.13 bits per heavy atom. The van der Waals surface area contributed by atoms with Gasteiger partial charge in [-0.15, -0.1) is 0 Å². The maximum Gasteiger partial charge on any atom is 0.324 e. The molecule has 0 bridgehead atoms. The standard InChI is InChI=1S/C24H29N3O4/c1-2-30-21-11-5-3-8-18(21)16-25-23(28)19-9-7-13-26(17-19)24(29)27-14-15-31-22-12-6-4-10-20(22)27/h3-6,8,10-12,19H,2,7,9,13-17H2,1H3,(H,25,28)/t19-/m0/s1. The minimum absolute atomic E-state index is 0.0221. The molecule has 1 N–H and O–H groups in total. The molecule has 4 rings (SSSR count). The summed E-state index contributed by atoms with van der Waals surface area (Å²) in [6.07, 6.45) is 1.59. The predicted octanol–water partition coefficient (Wildman–Crippen LogP) is 3.43. The molecular formula is C24H29N3O4. The third kappa shape index (κ3) is 4.76. The van der Waals surface area contributed by atoms with Crippen molar-refractivity contribution < 1.29 is 19.1 Å². The smallest absolute Gasteiger partial charge is 0.324 e. The van der Waals surface area contributed by atoms with Crippen LogP contribution in [0.25, 0.3) is 0 Å². The second-order valence-corrected chi connectivity index (χ2v) is 7.79. The summed E-state index contributed by atoms with van der Waals surface area (Å²) in [6.45, 7) is 5.01. The van der Waals surface area contributed by atoms with Crippen molar-refractivity contribution in [1.82, 2.24) is 10.2 Å². The highest BCUT2D eigenvalue weighted by atomic mass is 16.5. The molecule has 2 aromatic rings. The molecule has 7 nitrogen and oxygen atoms in total. The molecule has 0 aliphatic carbocycles. The van der Waals surface area contributed by atoms with Gasteiger partial charge in [-0.1, -0.05) is 30.3 Å². The van der Waals surface area contributed by atoms with Gasteiger partial charge < -0.3 is 19.7 Å². The molecule has 7 heteroatoms. The number of hydrogen-bond donors (Lipinski definition) is 1. The Balaban J connectivity index is 1.37. The van der Waals surface area contributed by atoms with Gasteiger partial charge in [-0.05, 0) is 38.0 Å². The zero-order chi connectivity index (χ0) is 21.6. The third-order valence-electron chi connectivity index (χ3n) is 5.75. The van der Waals surface area contributed by atoms with E-state index in [1.165, 1.54) is 0 Å². The molecule has 1 atom stereocenters. The second kappa shape index (κ2) is 9.73. The van der Waals surface area contributed by atoms with Gasteiger partial charge in [0.2, 0.25) is 5.91 Å². The van der Waals surface area contributed by atoms with Crippen molar-refractivity contribution in [3.8, 4) is 11.5 Å². The molecule has 164 valence electrons. The summed E-state index contributed by atoms with van der Waals surface area (Å²) < 4.78 is 11.3. The van der Waals surface area contributed by atoms with E-state index >= 15 is 0 Å². The average Bonchev–Trinajstić information content (AvgIpc) is 2.83. The maximum absolute atomic E-state index is 13.2. The van der Waals surface area contributed by atoms with Crippen LogP contribution in [0.4, 0.5) is 10.5 Å². The lowest BCUT2D eigenvalue weighted by atomic mass is 9.97. The van der Waals surface area contributed by atoms with E-state index in [0.29, 0.717) is 39.4 Å². The minimum Gasteiger partial charge on any atom is -0.494 e. The number of fused-ring (bicyclic) bond motifs is 1. The van der Waals surface area contributed by atoms with Crippen molar-refractivity contribution in [3.05, 3.63) is 54.1 Å². The van der Waals surface area contributed by atoms with Gasteiger partial charge >= 0.3 is 6.03 Å². The monoisotopic (exact) mass is 423 g/mol. The fourth-order valence-corrected chi connectivity index (χ4v) is 4.18. The second-order valence-electron chi connectivity index (χ2n) is 7.79. The van der Waals surface area contributed by atoms with Crippen LogP contribution in [0.5, 0.6) is 11.5 Å². The van der Waals surface area contributed by atoms with E-state index in [4.69, 9.17) is 9.47 Å². The Morgan fingerprint density at radius 2 is 1.94 bits per heavy atom. The van der Waals surface area contributed by atoms with Crippen LogP contribution >= 0.6 is 0 Å². The van der Waals surface area contributed by atoms with Crippen molar-refractivity contribution in [1.29, 1.82) is 0 Å². The van der Waals surface area contributed by atoms with E-state index in [2.05, 4.69) is 5.32 Å². The normalized spacial score (nSPS) is 18.0. The van der Waals surface area contributed by atoms with Gasteiger partial charge in [-0.2, -0.15) is 0 Å². The van der Waals surface area contributed by atoms with E-state index in [-0.39, 0.29) is 17.9 Å². The highest BCUT2D eigenvalue weighted by Gasteiger charge is 2.33. The number of urea groups is 1. The van der Waals surface area contributed by atoms with Crippen molar-refractivity contribution in [2.24, 2.45) is 5.92 Å². The van der Waals surface area contributed by atoms with Crippen LogP contribution in [-0.4, -0.2) is 49.7 Å². The number of likely N-dealkylation sites (tertiary alicyclic amines) is 1. The van der Waals surface area contributed by atoms with Crippen LogP contribution in [-0.2, 0) is 11.3 Å². The molecule has 2 aliphatic rings. The van der Waals surface area contributed by atoms with E-state index in [1.807, 2.05) is 55.5 Å². The minimum atomic E-state index is -0.215. The fourth-order valence-electron chi connectivity index (χ4n) is 4.18. The molecule has 2 heterocycles. The van der Waals surface area contributed by atoms with Gasteiger partial charge in [0.25, 0.3) is 0 Å². The Hall–Kier alpha value is -3.22. The molecule has 2 aliphatic heterocycles. The summed E-state index contributed by atoms with van der Waals surface area (Å²) in [4.78, 5) is 29.6. The Bertz CT molecular complexity index is 933. The molecule has 1 fully saturated rings. The quantitative estimate of drug-likeness (QED) is 0.800. The summed E-state index contributed by atoms with van der Waals surface area (Å²) in [5.74, 6) is 1.28. The van der Waals surface area contributed by atoms with E-state index in [0.717, 1.165) is 35.6 Å². The lowest BCUT2D eigenvalue weighted by Crippen LogP contribution is -2.52. The first kappa shape index (κ1) is 21.0. The van der Waals surface area contributed by atoms with Crippen molar-refractivity contribution >= 4 is 17.6 Å². The number of carbonyl (C=O) groups is 2. The van der Waals surface area contributed by atoms with E-state index in [1.54, 1.807) is 9.80 Å². The van der Waals surface area contributed by atoms with Gasteiger partial charge in [0, 0.05) is 25.2 Å². The van der Waals surface area contributed by atoms with Gasteiger partial charge in [-0.3, -0.25) is 9.69 Å². The molecule has 0 spiro atoms. The van der Waals surface area contributed by atoms with Crippen LogP contribution < -0.4 is 19.7 Å². The highest BCUT2D eigenvalue weighted by Crippen LogP contribution is 2.32. The molecule has 31 heavy (non-hydrogen) atoms. The molecule has 2 aromatic carbocycles. The summed E-state index contributed by atoms with van der Waals surface area (Å²) in [6, 6.07) is 15.2. The van der Waals surface area contributed by atoms with Crippen molar-refractivity contribution in [3.63, 3.8) is 0 Å². The number of amides is 3. The third-order valence-corrected chi connectivity index (χ3v) is 5.75. The number of ether oxygens (including phenoxy) is 2. The van der Waals surface area contributed by atoms with Gasteiger partial charge in [0.05, 0.1) is 24.8 Å². The lowest BCUT2D eigenvalue weighted by molar-refractivity contribution is -0.126. The van der Waals surface area contributed by atoms with Gasteiger partial charge in [0.15, 0.2) is 0 Å². The van der Waals surface area contributed by atoms with Crippen LogP contribution in [0.3, 0.4) is 0 Å². The topological polar surface area (TPSA) is 71.1 Å². The number of para-hydroxylation sites is 3. The maximum atomic E-state index is 13.2. The first-order chi connectivity index (χ1) is 15.2. The summed E-state index contributed by atoms with van der Waals surface area (Å²) >= 11 is 0. The van der Waals surface area contributed by atoms with E-state index in [9.17, 15) is 9.59 Å². The number of benzene rings is 2. The molecule has 1 saturated heterocycles. The number of carbonyl (C=O) groups excluding carboxylic acids is 2. The largest absolute Gasteiger partial charge is 0.494 e. The summed E-state index contributed by atoms with van der Waals surface area (Å²) in [5.41, 5.74) is 1.74. The van der Waals surface area contributed by atoms with Crippen LogP contribution in [0.15, 0.2) is 48.5 Å². The molecule has 0 unspecified atom stereocenters. The lowest BCUT2D eigenvalue weighted by Gasteiger charge is -2.37. The molecule has 0 radical (unpaired) electrons. The number of nitrogens with zero attached hydrogens (tertiary/aromatic N) is 2. The zero-order valence-corrected chi connectivity index (χ0v) is 17.9. The van der Waals surface area contributed by atoms with Crippen LogP contribution in [0.2, 0.25) is 0 Å². The number of nitrogens with one attached hydrogen (secondary N) is 1. The predicted molar refractivity (Wildman–Crippen MR) is 118 cm³/mol. The molecular weight excluding hydrogens is 394 g/mol. The zero-order valence-electron chi connectivity index (χ0n) is 17.9. The Morgan fingerprint density at radius 3 is 2.81 bits per heavy atom. The van der Waals surface area contributed by atoms with Crippen molar-refractivity contribution in [2.75, 3.05) is 37.7 Å². The number of hydrogen-bond acceptors (Lipinski definition) is 4. The first-order valence-corrected chi connectivity index (χ1v) is 10.9. The Kier molecular flexibility index (Phi) is 6.60. The van der Waals surface area contributed by atoms with Gasteiger partial charge in [0.1, 0.15) is 18.1 Å². The SMILES string of the molecule is CCOc1ccccc1CNC(=O)[C@H]1CCCN(C(=O)N2CCOc3ccccc32)C1. The van der Waals surface area contributed by atoms with Crippen LogP contribution in [0.1, 0.15) is 25.3 Å². The van der Waals surface area contributed by atoms with Crippen molar-refractivity contribution in [2.45, 2.75) is 26.3 Å². The molecule has 3 amide bonds. The number of piperidine rings is 1. The van der Waals surface area contributed by atoms with Crippen LogP contribution in [0, 0.1) is 5.92 Å². The summed E-state index contributed by atoms with van der Waals surface area (Å²) in [5, 5.41) is 3.03. The number of anilines is 1. The molecule has 0 aromatic heterocycles. The van der Waals surface area contributed by atoms with E-state index < -0.39 is 0 Å². The molecule has 0 saturated carbocycles. The summed E-state index contributed by atoms with van der Waals surface area (Å²) in [7, 11) is 0. The van der Waals surface area contributed by atoms with Gasteiger partial charge in [-0.25, -0.2) is 4.79 Å². The number of rotatable bonds is 5. The first-order valence-electron chi connectivity index (χ1n) is 10.9. The fraction of sp³-hybridized carbons (Fsp3) is 0.417. The highest BCUT2D eigenvalue weighted by molar-refractivity contribution is 5.94.